The summed E-state index contributed by atoms with van der Waals surface area (Å²) >= 11 is 1.60. The average Bonchev–Trinajstić information content (AvgIpc) is 2.11. The molecule has 0 bridgehead atoms. The maximum absolute atomic E-state index is 5.48. The van der Waals surface area contributed by atoms with Gasteiger partial charge in [-0.1, -0.05) is 0 Å². The van der Waals surface area contributed by atoms with Crippen LogP contribution in [0.25, 0.3) is 0 Å². The maximum Gasteiger partial charge on any atom is 0.132 e. The van der Waals surface area contributed by atoms with Crippen molar-refractivity contribution in [1.82, 2.24) is 0 Å². The number of hydrogen-bond acceptors (Lipinski definition) is 3. The van der Waals surface area contributed by atoms with E-state index in [0.717, 1.165) is 10.6 Å². The van der Waals surface area contributed by atoms with Gasteiger partial charge in [-0.3, -0.25) is 0 Å². The predicted molar refractivity (Wildman–Crippen MR) is 57.4 cm³/mol. The Morgan fingerprint density at radius 2 is 1.92 bits per heavy atom. The molecular formula is C10H15NOS. The molecule has 2 nitrogen and oxygen atoms in total. The van der Waals surface area contributed by atoms with Gasteiger partial charge in [0, 0.05) is 5.88 Å². The van der Waals surface area contributed by atoms with Gasteiger partial charge in [-0.15, -0.1) is 11.8 Å². The van der Waals surface area contributed by atoms with Gasteiger partial charge in [-0.05, 0) is 37.1 Å². The van der Waals surface area contributed by atoms with Gasteiger partial charge in [0.25, 0.3) is 0 Å². The van der Waals surface area contributed by atoms with Gasteiger partial charge in [0.15, 0.2) is 0 Å². The number of benzene rings is 1. The first-order chi connectivity index (χ1) is 6.19. The highest BCUT2D eigenvalue weighted by Crippen LogP contribution is 2.30. The van der Waals surface area contributed by atoms with Crippen molar-refractivity contribution >= 4 is 11.8 Å². The van der Waals surface area contributed by atoms with Crippen molar-refractivity contribution in [2.75, 3.05) is 13.0 Å². The van der Waals surface area contributed by atoms with Gasteiger partial charge in [0.05, 0.1) is 12.0 Å². The Morgan fingerprint density at radius 1 is 1.31 bits per heavy atom. The first-order valence-electron chi connectivity index (χ1n) is 4.17. The molecule has 0 unspecified atom stereocenters. The van der Waals surface area contributed by atoms with E-state index in [9.17, 15) is 0 Å². The number of rotatable bonds is 3. The summed E-state index contributed by atoms with van der Waals surface area (Å²) in [5.74, 6) is 1.50. The summed E-state index contributed by atoms with van der Waals surface area (Å²) in [4.78, 5) is 1.12. The zero-order chi connectivity index (χ0) is 9.84. The zero-order valence-corrected chi connectivity index (χ0v) is 9.07. The molecule has 2 N–H and O–H groups in total. The number of nitrogens with two attached hydrogens (primary N) is 1. The van der Waals surface area contributed by atoms with Crippen LogP contribution in [0.2, 0.25) is 0 Å². The van der Waals surface area contributed by atoms with E-state index >= 15 is 0 Å². The lowest BCUT2D eigenvalue weighted by Crippen LogP contribution is -1.95. The lowest BCUT2D eigenvalue weighted by atomic mass is 10.1. The largest absolute Gasteiger partial charge is 0.496 e. The Balaban J connectivity index is 3.09. The molecule has 13 heavy (non-hydrogen) atoms. The Hall–Kier alpha value is -0.670. The second-order valence-corrected chi connectivity index (χ2v) is 3.96. The number of ether oxygens (including phenoxy) is 1. The summed E-state index contributed by atoms with van der Waals surface area (Å²) in [5, 5.41) is 0. The molecule has 0 spiro atoms. The Morgan fingerprint density at radius 3 is 2.46 bits per heavy atom. The number of aryl methyl sites for hydroxylation is 2. The SMILES string of the molecule is COc1cc(C)c(C)cc1SCN. The van der Waals surface area contributed by atoms with E-state index in [1.807, 2.05) is 6.07 Å². The fourth-order valence-electron chi connectivity index (χ4n) is 1.13. The van der Waals surface area contributed by atoms with Crippen molar-refractivity contribution in [3.63, 3.8) is 0 Å². The van der Waals surface area contributed by atoms with Gasteiger partial charge in [0.1, 0.15) is 5.75 Å². The molecule has 0 heterocycles. The van der Waals surface area contributed by atoms with E-state index in [1.165, 1.54) is 11.1 Å². The third-order valence-electron chi connectivity index (χ3n) is 2.02. The third-order valence-corrected chi connectivity index (χ3v) is 2.82. The molecule has 0 saturated heterocycles. The highest BCUT2D eigenvalue weighted by atomic mass is 32.2. The van der Waals surface area contributed by atoms with Crippen LogP contribution in [0, 0.1) is 13.8 Å². The van der Waals surface area contributed by atoms with Crippen molar-refractivity contribution in [3.8, 4) is 5.75 Å². The van der Waals surface area contributed by atoms with Crippen LogP contribution >= 0.6 is 11.8 Å². The molecule has 72 valence electrons. The van der Waals surface area contributed by atoms with Crippen molar-refractivity contribution in [3.05, 3.63) is 23.3 Å². The monoisotopic (exact) mass is 197 g/mol. The third kappa shape index (κ3) is 2.39. The van der Waals surface area contributed by atoms with E-state index in [2.05, 4.69) is 19.9 Å². The van der Waals surface area contributed by atoms with Crippen LogP contribution in [0.3, 0.4) is 0 Å². The van der Waals surface area contributed by atoms with Gasteiger partial charge in [-0.25, -0.2) is 0 Å². The van der Waals surface area contributed by atoms with Gasteiger partial charge >= 0.3 is 0 Å². The van der Waals surface area contributed by atoms with Crippen LogP contribution < -0.4 is 10.5 Å². The highest BCUT2D eigenvalue weighted by molar-refractivity contribution is 7.99. The quantitative estimate of drug-likeness (QED) is 0.596. The molecule has 0 aromatic heterocycles. The highest BCUT2D eigenvalue weighted by Gasteiger charge is 2.04. The minimum atomic E-state index is 0.582. The Bertz CT molecular complexity index is 299. The molecule has 0 aliphatic heterocycles. The van der Waals surface area contributed by atoms with Crippen LogP contribution in [0.1, 0.15) is 11.1 Å². The molecular weight excluding hydrogens is 182 g/mol. The van der Waals surface area contributed by atoms with Gasteiger partial charge in [0.2, 0.25) is 0 Å². The summed E-state index contributed by atoms with van der Waals surface area (Å²) in [6, 6.07) is 4.17. The van der Waals surface area contributed by atoms with Crippen LogP contribution in [-0.4, -0.2) is 13.0 Å². The fourth-order valence-corrected chi connectivity index (χ4v) is 1.85. The molecule has 1 aromatic rings. The lowest BCUT2D eigenvalue weighted by Gasteiger charge is -2.10. The van der Waals surface area contributed by atoms with Gasteiger partial charge < -0.3 is 10.5 Å². The Kier molecular flexibility index (Phi) is 3.63. The minimum absolute atomic E-state index is 0.582. The number of methoxy groups -OCH3 is 1. The van der Waals surface area contributed by atoms with E-state index < -0.39 is 0 Å². The molecule has 0 amide bonds. The van der Waals surface area contributed by atoms with Crippen molar-refractivity contribution in [2.45, 2.75) is 18.7 Å². The van der Waals surface area contributed by atoms with Crippen LogP contribution in [0.4, 0.5) is 0 Å². The first kappa shape index (κ1) is 10.4. The smallest absolute Gasteiger partial charge is 0.132 e. The molecule has 0 radical (unpaired) electrons. The lowest BCUT2D eigenvalue weighted by molar-refractivity contribution is 0.404. The first-order valence-corrected chi connectivity index (χ1v) is 5.15. The summed E-state index contributed by atoms with van der Waals surface area (Å²) in [7, 11) is 1.69. The minimum Gasteiger partial charge on any atom is -0.496 e. The van der Waals surface area contributed by atoms with Gasteiger partial charge in [-0.2, -0.15) is 0 Å². The summed E-state index contributed by atoms with van der Waals surface area (Å²) < 4.78 is 5.26. The van der Waals surface area contributed by atoms with E-state index in [-0.39, 0.29) is 0 Å². The molecule has 0 fully saturated rings. The van der Waals surface area contributed by atoms with E-state index in [4.69, 9.17) is 10.5 Å². The Labute approximate surface area is 83.5 Å². The van der Waals surface area contributed by atoms with Crippen LogP contribution in [-0.2, 0) is 0 Å². The summed E-state index contributed by atoms with van der Waals surface area (Å²) in [5.41, 5.74) is 8.00. The van der Waals surface area contributed by atoms with Crippen LogP contribution in [0.15, 0.2) is 17.0 Å². The van der Waals surface area contributed by atoms with E-state index in [1.54, 1.807) is 18.9 Å². The number of thioether (sulfide) groups is 1. The molecule has 0 aliphatic carbocycles. The normalized spacial score (nSPS) is 10.2. The topological polar surface area (TPSA) is 35.2 Å². The second kappa shape index (κ2) is 4.53. The molecule has 0 aliphatic rings. The predicted octanol–water partition coefficient (Wildman–Crippen LogP) is 2.32. The van der Waals surface area contributed by atoms with Crippen molar-refractivity contribution in [1.29, 1.82) is 0 Å². The van der Waals surface area contributed by atoms with Crippen molar-refractivity contribution in [2.24, 2.45) is 5.73 Å². The standard InChI is InChI=1S/C10H15NOS/c1-7-4-9(12-3)10(13-6-11)5-8(7)2/h4-5H,6,11H2,1-3H3. The van der Waals surface area contributed by atoms with Crippen molar-refractivity contribution < 1.29 is 4.74 Å². The van der Waals surface area contributed by atoms with E-state index in [0.29, 0.717) is 5.88 Å². The maximum atomic E-state index is 5.48. The molecule has 0 saturated carbocycles. The fraction of sp³-hybridized carbons (Fsp3) is 0.400. The number of hydrogen-bond donors (Lipinski definition) is 1. The average molecular weight is 197 g/mol. The molecule has 0 atom stereocenters. The summed E-state index contributed by atoms with van der Waals surface area (Å²) in [6.07, 6.45) is 0. The second-order valence-electron chi connectivity index (χ2n) is 2.90. The summed E-state index contributed by atoms with van der Waals surface area (Å²) in [6.45, 7) is 4.17. The van der Waals surface area contributed by atoms with Crippen LogP contribution in [0.5, 0.6) is 5.75 Å². The molecule has 1 aromatic carbocycles. The molecule has 1 rings (SSSR count). The zero-order valence-electron chi connectivity index (χ0n) is 8.26. The molecule has 3 heteroatoms.